The maximum absolute atomic E-state index is 3.58. The minimum atomic E-state index is 0. The fourth-order valence-electron chi connectivity index (χ4n) is 2.49. The van der Waals surface area contributed by atoms with Crippen LogP contribution in [0.25, 0.3) is 0 Å². The summed E-state index contributed by atoms with van der Waals surface area (Å²) >= 11 is 5.47. The van der Waals surface area contributed by atoms with Crippen LogP contribution in [0.1, 0.15) is 31.2 Å². The van der Waals surface area contributed by atoms with E-state index in [1.54, 1.807) is 0 Å². The van der Waals surface area contributed by atoms with Crippen LogP contribution in [0.15, 0.2) is 15.9 Å². The molecule has 112 valence electrons. The molecule has 0 bridgehead atoms. The lowest BCUT2D eigenvalue weighted by molar-refractivity contribution is 0.131. The molecule has 0 saturated carbocycles. The molecule has 2 nitrogen and oxygen atoms in total. The summed E-state index contributed by atoms with van der Waals surface area (Å²) in [6.45, 7) is 9.26. The molecule has 0 aromatic carbocycles. The fourth-order valence-corrected chi connectivity index (χ4v) is 4.18. The largest absolute Gasteiger partial charge is 0.314 e. The van der Waals surface area contributed by atoms with E-state index in [0.717, 1.165) is 19.0 Å². The van der Waals surface area contributed by atoms with Gasteiger partial charge in [0.05, 0.1) is 3.79 Å². The predicted octanol–water partition coefficient (Wildman–Crippen LogP) is 4.35. The van der Waals surface area contributed by atoms with E-state index in [2.05, 4.69) is 52.1 Å². The molecule has 1 saturated heterocycles. The molecule has 0 spiro atoms. The van der Waals surface area contributed by atoms with Gasteiger partial charge in [-0.25, -0.2) is 0 Å². The molecule has 2 atom stereocenters. The summed E-state index contributed by atoms with van der Waals surface area (Å²) in [7, 11) is 0. The maximum atomic E-state index is 3.58. The summed E-state index contributed by atoms with van der Waals surface area (Å²) in [5, 5.41) is 3.44. The molecule has 2 heterocycles. The lowest BCUT2D eigenvalue weighted by Crippen LogP contribution is -2.46. The van der Waals surface area contributed by atoms with Crippen LogP contribution in [-0.4, -0.2) is 31.1 Å². The second kappa shape index (κ2) is 9.59. The Morgan fingerprint density at radius 2 is 1.95 bits per heavy atom. The first kappa shape index (κ1) is 19.7. The second-order valence-corrected chi connectivity index (χ2v) is 7.25. The van der Waals surface area contributed by atoms with Gasteiger partial charge in [-0.2, -0.15) is 0 Å². The Kier molecular flexibility index (Phi) is 9.93. The van der Waals surface area contributed by atoms with E-state index >= 15 is 0 Å². The average Bonchev–Trinajstić information content (AvgIpc) is 2.77. The smallest absolute Gasteiger partial charge is 0.0701 e. The zero-order valence-electron chi connectivity index (χ0n) is 11.4. The predicted molar refractivity (Wildman–Crippen MR) is 93.2 cm³/mol. The summed E-state index contributed by atoms with van der Waals surface area (Å²) in [4.78, 5) is 4.15. The summed E-state index contributed by atoms with van der Waals surface area (Å²) in [6, 6.07) is 5.06. The summed E-state index contributed by atoms with van der Waals surface area (Å²) in [6.07, 6.45) is 1.24. The number of nitrogens with zero attached hydrogens (tertiary/aromatic N) is 1. The van der Waals surface area contributed by atoms with Gasteiger partial charge in [0.15, 0.2) is 0 Å². The van der Waals surface area contributed by atoms with Crippen LogP contribution in [0.3, 0.4) is 0 Å². The molecule has 1 aliphatic heterocycles. The zero-order valence-corrected chi connectivity index (χ0v) is 15.4. The van der Waals surface area contributed by atoms with E-state index in [-0.39, 0.29) is 24.8 Å². The van der Waals surface area contributed by atoms with Crippen molar-refractivity contribution in [3.8, 4) is 0 Å². The van der Waals surface area contributed by atoms with Crippen molar-refractivity contribution in [2.24, 2.45) is 5.92 Å². The van der Waals surface area contributed by atoms with Crippen LogP contribution >= 0.6 is 52.1 Å². The number of rotatable bonds is 4. The van der Waals surface area contributed by atoms with Crippen LogP contribution in [0.5, 0.6) is 0 Å². The molecule has 1 fully saturated rings. The molecular formula is C13H23BrCl2N2S. The molecular weight excluding hydrogens is 367 g/mol. The molecule has 0 amide bonds. The highest BCUT2D eigenvalue weighted by molar-refractivity contribution is 9.11. The Bertz CT molecular complexity index is 356. The van der Waals surface area contributed by atoms with Crippen molar-refractivity contribution in [3.05, 3.63) is 20.8 Å². The third kappa shape index (κ3) is 5.18. The quantitative estimate of drug-likeness (QED) is 0.823. The summed E-state index contributed by atoms with van der Waals surface area (Å²) < 4.78 is 1.25. The van der Waals surface area contributed by atoms with Gasteiger partial charge in [0.25, 0.3) is 0 Å². The van der Waals surface area contributed by atoms with Crippen LogP contribution in [0.4, 0.5) is 0 Å². The first-order valence-corrected chi connectivity index (χ1v) is 8.03. The molecule has 0 aliphatic carbocycles. The Labute approximate surface area is 141 Å². The topological polar surface area (TPSA) is 15.3 Å². The van der Waals surface area contributed by atoms with Gasteiger partial charge in [-0.15, -0.1) is 36.2 Å². The first-order chi connectivity index (χ1) is 8.22. The fraction of sp³-hybridized carbons (Fsp3) is 0.692. The number of halogens is 3. The molecule has 1 aliphatic rings. The lowest BCUT2D eigenvalue weighted by Gasteiger charge is -2.37. The van der Waals surface area contributed by atoms with Crippen molar-refractivity contribution in [2.75, 3.05) is 26.2 Å². The molecule has 1 aromatic heterocycles. The Hall–Kier alpha value is 0.680. The van der Waals surface area contributed by atoms with E-state index in [1.807, 2.05) is 11.3 Å². The molecule has 1 unspecified atom stereocenters. The Morgan fingerprint density at radius 1 is 1.32 bits per heavy atom. The van der Waals surface area contributed by atoms with Crippen molar-refractivity contribution in [2.45, 2.75) is 26.3 Å². The van der Waals surface area contributed by atoms with Gasteiger partial charge in [-0.05, 0) is 34.0 Å². The van der Waals surface area contributed by atoms with Crippen LogP contribution in [-0.2, 0) is 0 Å². The minimum absolute atomic E-state index is 0. The molecule has 0 radical (unpaired) electrons. The maximum Gasteiger partial charge on any atom is 0.0701 e. The number of hydrogen-bond acceptors (Lipinski definition) is 3. The highest BCUT2D eigenvalue weighted by atomic mass is 79.9. The van der Waals surface area contributed by atoms with E-state index < -0.39 is 0 Å². The summed E-state index contributed by atoms with van der Waals surface area (Å²) in [5.74, 6) is 0.721. The van der Waals surface area contributed by atoms with Crippen molar-refractivity contribution in [3.63, 3.8) is 0 Å². The highest BCUT2D eigenvalue weighted by Gasteiger charge is 2.27. The lowest BCUT2D eigenvalue weighted by atomic mass is 9.95. The first-order valence-electron chi connectivity index (χ1n) is 6.42. The average molecular weight is 390 g/mol. The van der Waals surface area contributed by atoms with Gasteiger partial charge in [0.1, 0.15) is 0 Å². The number of piperazine rings is 1. The molecule has 2 rings (SSSR count). The van der Waals surface area contributed by atoms with Crippen molar-refractivity contribution < 1.29 is 0 Å². The monoisotopic (exact) mass is 388 g/mol. The summed E-state index contributed by atoms with van der Waals surface area (Å²) in [5.41, 5.74) is 0. The third-order valence-electron chi connectivity index (χ3n) is 3.61. The van der Waals surface area contributed by atoms with Crippen molar-refractivity contribution >= 4 is 52.1 Å². The zero-order chi connectivity index (χ0) is 12.3. The van der Waals surface area contributed by atoms with Crippen LogP contribution in [0.2, 0.25) is 0 Å². The van der Waals surface area contributed by atoms with Gasteiger partial charge in [0, 0.05) is 37.1 Å². The van der Waals surface area contributed by atoms with Gasteiger partial charge < -0.3 is 5.32 Å². The van der Waals surface area contributed by atoms with E-state index in [1.165, 1.54) is 28.2 Å². The van der Waals surface area contributed by atoms with Crippen molar-refractivity contribution in [1.29, 1.82) is 0 Å². The normalized spacial score (nSPS) is 19.1. The van der Waals surface area contributed by atoms with E-state index in [4.69, 9.17) is 0 Å². The molecule has 1 N–H and O–H groups in total. The van der Waals surface area contributed by atoms with Gasteiger partial charge in [-0.3, -0.25) is 4.90 Å². The second-order valence-electron chi connectivity index (χ2n) is 4.76. The standard InChI is InChI=1S/C13H21BrN2S.2ClH/c1-3-10(2)13(11-4-5-12(14)17-11)16-8-6-15-7-9-16;;/h4-5,10,13,15H,3,6-9H2,1-2H3;2*1H/t10?,13-;;/m1../s1. The van der Waals surface area contributed by atoms with Gasteiger partial charge in [0.2, 0.25) is 0 Å². The Morgan fingerprint density at radius 3 is 2.42 bits per heavy atom. The number of hydrogen-bond donors (Lipinski definition) is 1. The number of thiophene rings is 1. The van der Waals surface area contributed by atoms with Crippen LogP contribution < -0.4 is 5.32 Å². The van der Waals surface area contributed by atoms with Gasteiger partial charge >= 0.3 is 0 Å². The van der Waals surface area contributed by atoms with E-state index in [9.17, 15) is 0 Å². The van der Waals surface area contributed by atoms with Gasteiger partial charge in [-0.1, -0.05) is 20.3 Å². The minimum Gasteiger partial charge on any atom is -0.314 e. The molecule has 6 heteroatoms. The number of nitrogens with one attached hydrogen (secondary N) is 1. The van der Waals surface area contributed by atoms with E-state index in [0.29, 0.717) is 6.04 Å². The molecule has 1 aromatic rings. The highest BCUT2D eigenvalue weighted by Crippen LogP contribution is 2.36. The Balaban J connectivity index is 0.00000162. The molecule has 19 heavy (non-hydrogen) atoms. The third-order valence-corrected chi connectivity index (χ3v) is 5.31. The van der Waals surface area contributed by atoms with Crippen LogP contribution in [0, 0.1) is 5.92 Å². The SMILES string of the molecule is CCC(C)[C@H](c1ccc(Br)s1)N1CCNCC1.Cl.Cl. The van der Waals surface area contributed by atoms with Crippen molar-refractivity contribution in [1.82, 2.24) is 10.2 Å².